The normalized spacial score (nSPS) is 29.3. The van der Waals surface area contributed by atoms with Crippen LogP contribution in [-0.4, -0.2) is 18.5 Å². The average Bonchev–Trinajstić information content (AvgIpc) is 2.12. The van der Waals surface area contributed by atoms with Gasteiger partial charge in [-0.3, -0.25) is 0 Å². The molecule has 0 spiro atoms. The Morgan fingerprint density at radius 3 is 2.60 bits per heavy atom. The maximum atomic E-state index is 5.39. The quantitative estimate of drug-likeness (QED) is 0.470. The Bertz CT molecular complexity index is 173. The van der Waals surface area contributed by atoms with Crippen molar-refractivity contribution in [3.05, 3.63) is 0 Å². The summed E-state index contributed by atoms with van der Waals surface area (Å²) >= 11 is 0. The summed E-state index contributed by atoms with van der Waals surface area (Å²) in [6, 6.07) is 0. The van der Waals surface area contributed by atoms with Gasteiger partial charge in [0, 0.05) is 0 Å². The molecular formula is C8H12O2. The Morgan fingerprint density at radius 2 is 2.20 bits per heavy atom. The molecule has 0 aliphatic carbocycles. The van der Waals surface area contributed by atoms with Crippen LogP contribution < -0.4 is 0 Å². The highest BCUT2D eigenvalue weighted by Gasteiger charge is 2.31. The SMILES string of the molecule is CC#CC1COC(C)(C)O1. The third-order valence-corrected chi connectivity index (χ3v) is 1.31. The van der Waals surface area contributed by atoms with Gasteiger partial charge in [-0.25, -0.2) is 0 Å². The van der Waals surface area contributed by atoms with Gasteiger partial charge in [-0.1, -0.05) is 5.92 Å². The predicted molar refractivity (Wildman–Crippen MR) is 38.4 cm³/mol. The van der Waals surface area contributed by atoms with Crippen LogP contribution in [0.15, 0.2) is 0 Å². The van der Waals surface area contributed by atoms with E-state index in [0.29, 0.717) is 6.61 Å². The maximum Gasteiger partial charge on any atom is 0.164 e. The molecule has 0 saturated carbocycles. The van der Waals surface area contributed by atoms with Crippen molar-refractivity contribution in [1.82, 2.24) is 0 Å². The standard InChI is InChI=1S/C8H12O2/c1-4-5-7-6-9-8(2,3)10-7/h7H,6H2,1-3H3. The number of hydrogen-bond donors (Lipinski definition) is 0. The van der Waals surface area contributed by atoms with E-state index >= 15 is 0 Å². The highest BCUT2D eigenvalue weighted by atomic mass is 16.7. The van der Waals surface area contributed by atoms with Gasteiger partial charge in [-0.2, -0.15) is 0 Å². The molecule has 0 N–H and O–H groups in total. The first-order valence-corrected chi connectivity index (χ1v) is 3.38. The second-order valence-electron chi connectivity index (χ2n) is 2.71. The van der Waals surface area contributed by atoms with Crippen molar-refractivity contribution in [1.29, 1.82) is 0 Å². The molecule has 10 heavy (non-hydrogen) atoms. The van der Waals surface area contributed by atoms with E-state index in [1.54, 1.807) is 6.92 Å². The fraction of sp³-hybridized carbons (Fsp3) is 0.750. The minimum absolute atomic E-state index is 0.0278. The van der Waals surface area contributed by atoms with Gasteiger partial charge in [0.25, 0.3) is 0 Å². The van der Waals surface area contributed by atoms with Crippen LogP contribution >= 0.6 is 0 Å². The van der Waals surface area contributed by atoms with Gasteiger partial charge in [-0.05, 0) is 20.8 Å². The lowest BCUT2D eigenvalue weighted by Gasteiger charge is -2.14. The van der Waals surface area contributed by atoms with Gasteiger partial charge < -0.3 is 9.47 Å². The zero-order chi connectivity index (χ0) is 7.61. The first-order chi connectivity index (χ1) is 4.64. The van der Waals surface area contributed by atoms with Gasteiger partial charge in [0.15, 0.2) is 5.79 Å². The summed E-state index contributed by atoms with van der Waals surface area (Å²) in [6.07, 6.45) is -0.0278. The van der Waals surface area contributed by atoms with E-state index in [9.17, 15) is 0 Å². The lowest BCUT2D eigenvalue weighted by Crippen LogP contribution is -2.20. The summed E-state index contributed by atoms with van der Waals surface area (Å²) in [7, 11) is 0. The molecule has 1 saturated heterocycles. The maximum absolute atomic E-state index is 5.39. The minimum Gasteiger partial charge on any atom is -0.347 e. The average molecular weight is 140 g/mol. The topological polar surface area (TPSA) is 18.5 Å². The van der Waals surface area contributed by atoms with E-state index < -0.39 is 5.79 Å². The van der Waals surface area contributed by atoms with Crippen LogP contribution in [0, 0.1) is 11.8 Å². The van der Waals surface area contributed by atoms with Crippen molar-refractivity contribution < 1.29 is 9.47 Å². The molecule has 0 bridgehead atoms. The monoisotopic (exact) mass is 140 g/mol. The second-order valence-corrected chi connectivity index (χ2v) is 2.71. The zero-order valence-corrected chi connectivity index (χ0v) is 6.60. The van der Waals surface area contributed by atoms with Crippen LogP contribution in [0.3, 0.4) is 0 Å². The zero-order valence-electron chi connectivity index (χ0n) is 6.60. The van der Waals surface area contributed by atoms with E-state index in [-0.39, 0.29) is 6.10 Å². The van der Waals surface area contributed by atoms with E-state index in [2.05, 4.69) is 11.8 Å². The first kappa shape index (κ1) is 7.59. The van der Waals surface area contributed by atoms with Gasteiger partial charge >= 0.3 is 0 Å². The molecule has 0 aromatic rings. The number of ether oxygens (including phenoxy) is 2. The molecule has 0 aromatic heterocycles. The molecule has 1 atom stereocenters. The summed E-state index contributed by atoms with van der Waals surface area (Å²) in [4.78, 5) is 0. The van der Waals surface area contributed by atoms with Crippen LogP contribution in [0.25, 0.3) is 0 Å². The van der Waals surface area contributed by atoms with Crippen LogP contribution in [0.5, 0.6) is 0 Å². The Morgan fingerprint density at radius 1 is 1.50 bits per heavy atom. The number of rotatable bonds is 0. The lowest BCUT2D eigenvalue weighted by molar-refractivity contribution is -0.132. The molecule has 0 aromatic carbocycles. The molecule has 1 aliphatic heterocycles. The minimum atomic E-state index is -0.436. The smallest absolute Gasteiger partial charge is 0.164 e. The molecule has 1 rings (SSSR count). The predicted octanol–water partition coefficient (Wildman–Crippen LogP) is 1.16. The Balaban J connectivity index is 2.48. The highest BCUT2D eigenvalue weighted by molar-refractivity contribution is 5.04. The summed E-state index contributed by atoms with van der Waals surface area (Å²) in [5, 5.41) is 0. The van der Waals surface area contributed by atoms with E-state index in [4.69, 9.17) is 9.47 Å². The van der Waals surface area contributed by atoms with Gasteiger partial charge in [0.1, 0.15) is 6.10 Å². The van der Waals surface area contributed by atoms with Crippen LogP contribution in [0.1, 0.15) is 20.8 Å². The second kappa shape index (κ2) is 2.61. The lowest BCUT2D eigenvalue weighted by atomic mass is 10.4. The first-order valence-electron chi connectivity index (χ1n) is 3.38. The molecule has 1 unspecified atom stereocenters. The Hall–Kier alpha value is -0.520. The summed E-state index contributed by atoms with van der Waals surface area (Å²) in [5.41, 5.74) is 0. The highest BCUT2D eigenvalue weighted by Crippen LogP contribution is 2.21. The van der Waals surface area contributed by atoms with E-state index in [0.717, 1.165) is 0 Å². The summed E-state index contributed by atoms with van der Waals surface area (Å²) < 4.78 is 10.7. The molecule has 0 amide bonds. The molecule has 0 radical (unpaired) electrons. The molecule has 56 valence electrons. The summed E-state index contributed by atoms with van der Waals surface area (Å²) in [6.45, 7) is 6.18. The van der Waals surface area contributed by atoms with Gasteiger partial charge in [0.2, 0.25) is 0 Å². The molecular weight excluding hydrogens is 128 g/mol. The van der Waals surface area contributed by atoms with Crippen molar-refractivity contribution in [2.45, 2.75) is 32.7 Å². The fourth-order valence-corrected chi connectivity index (χ4v) is 0.919. The van der Waals surface area contributed by atoms with Crippen LogP contribution in [0.2, 0.25) is 0 Å². The molecule has 1 aliphatic rings. The third kappa shape index (κ3) is 1.73. The molecule has 1 heterocycles. The van der Waals surface area contributed by atoms with E-state index in [1.807, 2.05) is 13.8 Å². The van der Waals surface area contributed by atoms with Crippen LogP contribution in [0.4, 0.5) is 0 Å². The fourth-order valence-electron chi connectivity index (χ4n) is 0.919. The van der Waals surface area contributed by atoms with Crippen molar-refractivity contribution in [3.8, 4) is 11.8 Å². The molecule has 2 nitrogen and oxygen atoms in total. The van der Waals surface area contributed by atoms with Crippen LogP contribution in [-0.2, 0) is 9.47 Å². The van der Waals surface area contributed by atoms with Crippen molar-refractivity contribution >= 4 is 0 Å². The van der Waals surface area contributed by atoms with Crippen molar-refractivity contribution in [3.63, 3.8) is 0 Å². The van der Waals surface area contributed by atoms with Crippen molar-refractivity contribution in [2.75, 3.05) is 6.61 Å². The Labute approximate surface area is 61.5 Å². The van der Waals surface area contributed by atoms with Gasteiger partial charge in [0.05, 0.1) is 6.61 Å². The Kier molecular flexibility index (Phi) is 1.98. The molecule has 2 heteroatoms. The van der Waals surface area contributed by atoms with E-state index in [1.165, 1.54) is 0 Å². The number of hydrogen-bond acceptors (Lipinski definition) is 2. The molecule has 1 fully saturated rings. The van der Waals surface area contributed by atoms with Gasteiger partial charge in [-0.15, -0.1) is 5.92 Å². The van der Waals surface area contributed by atoms with Crippen molar-refractivity contribution in [2.24, 2.45) is 0 Å². The largest absolute Gasteiger partial charge is 0.347 e. The summed E-state index contributed by atoms with van der Waals surface area (Å²) in [5.74, 6) is 5.26. The third-order valence-electron chi connectivity index (χ3n) is 1.31.